The van der Waals surface area contributed by atoms with E-state index in [2.05, 4.69) is 0 Å². The van der Waals surface area contributed by atoms with Gasteiger partial charge < -0.3 is 4.74 Å². The molecule has 0 aliphatic heterocycles. The van der Waals surface area contributed by atoms with Gasteiger partial charge in [0.15, 0.2) is 0 Å². The Morgan fingerprint density at radius 2 is 2.09 bits per heavy atom. The first-order valence-corrected chi connectivity index (χ1v) is 7.64. The Morgan fingerprint density at radius 1 is 1.32 bits per heavy atom. The highest BCUT2D eigenvalue weighted by atomic mass is 35.5. The molecule has 3 rings (SSSR count). The molecule has 2 nitrogen and oxygen atoms in total. The first-order chi connectivity index (χ1) is 10.6. The van der Waals surface area contributed by atoms with Gasteiger partial charge in [-0.05, 0) is 60.5 Å². The molecule has 0 radical (unpaired) electrons. The van der Waals surface area contributed by atoms with E-state index in [1.165, 1.54) is 12.1 Å². The van der Waals surface area contributed by atoms with Crippen molar-refractivity contribution < 1.29 is 13.9 Å². The van der Waals surface area contributed by atoms with E-state index in [-0.39, 0.29) is 12.4 Å². The summed E-state index contributed by atoms with van der Waals surface area (Å²) in [5.41, 5.74) is 3.25. The van der Waals surface area contributed by atoms with Crippen LogP contribution in [-0.4, -0.2) is 5.24 Å². The van der Waals surface area contributed by atoms with Crippen molar-refractivity contribution in [3.63, 3.8) is 0 Å². The molecule has 2 aromatic carbocycles. The van der Waals surface area contributed by atoms with Crippen LogP contribution in [0.2, 0.25) is 0 Å². The van der Waals surface area contributed by atoms with Crippen molar-refractivity contribution in [2.24, 2.45) is 0 Å². The zero-order valence-electron chi connectivity index (χ0n) is 12.2. The number of carbonyl (C=O) groups excluding carboxylic acids is 1. The molecular formula is C18H16ClFO2. The maximum absolute atomic E-state index is 13.3. The van der Waals surface area contributed by atoms with Gasteiger partial charge in [-0.3, -0.25) is 4.79 Å². The SMILES string of the molecule is Cc1ccc(F)cc1OCc1c(C(=O)Cl)cccc1C1CC1. The molecule has 4 heteroatoms. The second kappa shape index (κ2) is 6.09. The van der Waals surface area contributed by atoms with Gasteiger partial charge in [0.25, 0.3) is 5.24 Å². The van der Waals surface area contributed by atoms with Crippen LogP contribution in [-0.2, 0) is 6.61 Å². The minimum absolute atomic E-state index is 0.213. The number of ether oxygens (including phenoxy) is 1. The van der Waals surface area contributed by atoms with Gasteiger partial charge in [0.2, 0.25) is 0 Å². The molecule has 0 heterocycles. The highest BCUT2D eigenvalue weighted by Crippen LogP contribution is 2.42. The summed E-state index contributed by atoms with van der Waals surface area (Å²) in [6.45, 7) is 2.07. The third kappa shape index (κ3) is 3.14. The van der Waals surface area contributed by atoms with Crippen molar-refractivity contribution in [3.8, 4) is 5.75 Å². The Hall–Kier alpha value is -1.87. The number of aryl methyl sites for hydroxylation is 1. The fourth-order valence-electron chi connectivity index (χ4n) is 2.61. The van der Waals surface area contributed by atoms with Crippen LogP contribution in [0.25, 0.3) is 0 Å². The molecule has 1 fully saturated rings. The maximum atomic E-state index is 13.3. The van der Waals surface area contributed by atoms with Crippen molar-refractivity contribution in [2.75, 3.05) is 0 Å². The molecule has 0 spiro atoms. The molecule has 0 aromatic heterocycles. The number of carbonyl (C=O) groups is 1. The summed E-state index contributed by atoms with van der Waals surface area (Å²) in [4.78, 5) is 11.6. The van der Waals surface area contributed by atoms with E-state index < -0.39 is 5.24 Å². The quantitative estimate of drug-likeness (QED) is 0.728. The van der Waals surface area contributed by atoms with Gasteiger partial charge in [0.05, 0.1) is 0 Å². The van der Waals surface area contributed by atoms with Crippen LogP contribution < -0.4 is 4.74 Å². The fourth-order valence-corrected chi connectivity index (χ4v) is 2.78. The summed E-state index contributed by atoms with van der Waals surface area (Å²) in [5, 5.41) is -0.489. The van der Waals surface area contributed by atoms with Gasteiger partial charge in [0, 0.05) is 17.2 Å². The first kappa shape index (κ1) is 15.0. The summed E-state index contributed by atoms with van der Waals surface area (Å²) in [5.74, 6) is 0.617. The minimum Gasteiger partial charge on any atom is -0.488 e. The van der Waals surface area contributed by atoms with Gasteiger partial charge in [-0.1, -0.05) is 18.2 Å². The number of benzene rings is 2. The summed E-state index contributed by atoms with van der Waals surface area (Å²) in [7, 11) is 0. The molecule has 114 valence electrons. The summed E-state index contributed by atoms with van der Waals surface area (Å²) >= 11 is 5.69. The Labute approximate surface area is 133 Å². The number of halogens is 2. The van der Waals surface area contributed by atoms with E-state index in [0.29, 0.717) is 17.2 Å². The Kier molecular flexibility index (Phi) is 4.16. The molecule has 22 heavy (non-hydrogen) atoms. The van der Waals surface area contributed by atoms with E-state index in [1.54, 1.807) is 12.1 Å². The van der Waals surface area contributed by atoms with Crippen LogP contribution in [0.1, 0.15) is 45.8 Å². The number of hydrogen-bond donors (Lipinski definition) is 0. The average Bonchev–Trinajstić information content (AvgIpc) is 3.32. The summed E-state index contributed by atoms with van der Waals surface area (Å²) in [6.07, 6.45) is 2.23. The van der Waals surface area contributed by atoms with Crippen molar-refractivity contribution in [2.45, 2.75) is 32.3 Å². The number of hydrogen-bond acceptors (Lipinski definition) is 2. The van der Waals surface area contributed by atoms with Crippen LogP contribution in [0, 0.1) is 12.7 Å². The fraction of sp³-hybridized carbons (Fsp3) is 0.278. The van der Waals surface area contributed by atoms with Crippen molar-refractivity contribution in [1.82, 2.24) is 0 Å². The zero-order chi connectivity index (χ0) is 15.7. The van der Waals surface area contributed by atoms with Gasteiger partial charge in [-0.15, -0.1) is 0 Å². The summed E-state index contributed by atoms with van der Waals surface area (Å²) in [6, 6.07) is 9.99. The molecule has 0 unspecified atom stereocenters. The monoisotopic (exact) mass is 318 g/mol. The topological polar surface area (TPSA) is 26.3 Å². The average molecular weight is 319 g/mol. The molecule has 1 saturated carbocycles. The highest BCUT2D eigenvalue weighted by Gasteiger charge is 2.28. The van der Waals surface area contributed by atoms with Gasteiger partial charge in [-0.25, -0.2) is 4.39 Å². The van der Waals surface area contributed by atoms with Crippen LogP contribution in [0.15, 0.2) is 36.4 Å². The minimum atomic E-state index is -0.489. The second-order valence-electron chi connectivity index (χ2n) is 5.62. The molecule has 0 bridgehead atoms. The Balaban J connectivity index is 1.91. The lowest BCUT2D eigenvalue weighted by atomic mass is 9.99. The molecular weight excluding hydrogens is 303 g/mol. The van der Waals surface area contributed by atoms with E-state index in [4.69, 9.17) is 16.3 Å². The number of rotatable bonds is 5. The zero-order valence-corrected chi connectivity index (χ0v) is 13.0. The van der Waals surface area contributed by atoms with Crippen LogP contribution in [0.5, 0.6) is 5.75 Å². The predicted molar refractivity (Wildman–Crippen MR) is 84.1 cm³/mol. The molecule has 0 amide bonds. The van der Waals surface area contributed by atoms with E-state index in [1.807, 2.05) is 19.1 Å². The lowest BCUT2D eigenvalue weighted by Gasteiger charge is -2.15. The van der Waals surface area contributed by atoms with Crippen LogP contribution in [0.4, 0.5) is 4.39 Å². The molecule has 0 atom stereocenters. The van der Waals surface area contributed by atoms with Gasteiger partial charge in [-0.2, -0.15) is 0 Å². The van der Waals surface area contributed by atoms with Crippen molar-refractivity contribution in [3.05, 3.63) is 64.5 Å². The molecule has 1 aliphatic rings. The molecule has 1 aliphatic carbocycles. The van der Waals surface area contributed by atoms with Gasteiger partial charge in [0.1, 0.15) is 18.2 Å². The normalized spacial score (nSPS) is 14.0. The predicted octanol–water partition coefficient (Wildman–Crippen LogP) is 4.97. The largest absolute Gasteiger partial charge is 0.488 e. The smallest absolute Gasteiger partial charge is 0.252 e. The van der Waals surface area contributed by atoms with Crippen LogP contribution in [0.3, 0.4) is 0 Å². The van der Waals surface area contributed by atoms with Crippen LogP contribution >= 0.6 is 11.6 Å². The molecule has 2 aromatic rings. The lowest BCUT2D eigenvalue weighted by Crippen LogP contribution is -2.07. The summed E-state index contributed by atoms with van der Waals surface area (Å²) < 4.78 is 19.1. The third-order valence-corrected chi connectivity index (χ3v) is 4.17. The van der Waals surface area contributed by atoms with Crippen molar-refractivity contribution >= 4 is 16.8 Å². The first-order valence-electron chi connectivity index (χ1n) is 7.27. The maximum Gasteiger partial charge on any atom is 0.252 e. The lowest BCUT2D eigenvalue weighted by molar-refractivity contribution is 0.107. The van der Waals surface area contributed by atoms with E-state index in [0.717, 1.165) is 29.5 Å². The van der Waals surface area contributed by atoms with E-state index >= 15 is 0 Å². The Bertz CT molecular complexity index is 723. The standard InChI is InChI=1S/C18H16ClFO2/c1-11-5-8-13(20)9-17(11)22-10-16-14(12-6-7-12)3-2-4-15(16)18(19)21/h2-5,8-9,12H,6-7,10H2,1H3. The molecule has 0 N–H and O–H groups in total. The van der Waals surface area contributed by atoms with Crippen molar-refractivity contribution in [1.29, 1.82) is 0 Å². The highest BCUT2D eigenvalue weighted by molar-refractivity contribution is 6.67. The third-order valence-electron chi connectivity index (χ3n) is 3.96. The van der Waals surface area contributed by atoms with E-state index in [9.17, 15) is 9.18 Å². The Morgan fingerprint density at radius 3 is 2.77 bits per heavy atom. The molecule has 0 saturated heterocycles. The van der Waals surface area contributed by atoms with Gasteiger partial charge >= 0.3 is 0 Å². The second-order valence-corrected chi connectivity index (χ2v) is 5.96.